The molecule has 1 heterocycles. The Labute approximate surface area is 125 Å². The topological polar surface area (TPSA) is 42.0 Å². The average molecular weight is 303 g/mol. The number of carbonyl (C=O) groups is 1. The normalized spacial score (nSPS) is 10.7. The summed E-state index contributed by atoms with van der Waals surface area (Å²) < 4.78 is 1.06. The zero-order valence-electron chi connectivity index (χ0n) is 10.5. The van der Waals surface area contributed by atoms with Crippen molar-refractivity contribution in [3.8, 4) is 0 Å². The molecule has 3 nitrogen and oxygen atoms in total. The van der Waals surface area contributed by atoms with Gasteiger partial charge in [0.15, 0.2) is 0 Å². The standard InChI is InChI=1S/C15H11ClN2OS/c16-11-3-1-10(2-4-11)7-15(19)18-12-5-6-13-14(8-12)20-9-17-13/h1-6,8-9H,7H2,(H,18,19). The van der Waals surface area contributed by atoms with Crippen LogP contribution in [0.25, 0.3) is 10.2 Å². The quantitative estimate of drug-likeness (QED) is 0.790. The van der Waals surface area contributed by atoms with Gasteiger partial charge in [-0.2, -0.15) is 0 Å². The average Bonchev–Trinajstić information content (AvgIpc) is 2.89. The van der Waals surface area contributed by atoms with E-state index in [1.165, 1.54) is 0 Å². The fraction of sp³-hybridized carbons (Fsp3) is 0.0667. The number of hydrogen-bond donors (Lipinski definition) is 1. The number of halogens is 1. The van der Waals surface area contributed by atoms with Crippen LogP contribution >= 0.6 is 22.9 Å². The molecule has 0 aliphatic carbocycles. The first-order chi connectivity index (χ1) is 9.70. The van der Waals surface area contributed by atoms with E-state index in [1.54, 1.807) is 29.0 Å². The Bertz CT molecular complexity index is 752. The Hall–Kier alpha value is -1.91. The van der Waals surface area contributed by atoms with Crippen molar-refractivity contribution in [3.05, 3.63) is 58.6 Å². The summed E-state index contributed by atoms with van der Waals surface area (Å²) >= 11 is 7.37. The first kappa shape index (κ1) is 13.1. The predicted octanol–water partition coefficient (Wildman–Crippen LogP) is 4.13. The zero-order chi connectivity index (χ0) is 13.9. The van der Waals surface area contributed by atoms with Crippen LogP contribution < -0.4 is 5.32 Å². The van der Waals surface area contributed by atoms with Gasteiger partial charge in [0.25, 0.3) is 0 Å². The molecule has 0 unspecified atom stereocenters. The summed E-state index contributed by atoms with van der Waals surface area (Å²) in [6.45, 7) is 0. The summed E-state index contributed by atoms with van der Waals surface area (Å²) in [4.78, 5) is 16.2. The number of nitrogens with one attached hydrogen (secondary N) is 1. The van der Waals surface area contributed by atoms with Gasteiger partial charge in [-0.15, -0.1) is 11.3 Å². The highest BCUT2D eigenvalue weighted by Gasteiger charge is 2.05. The number of benzene rings is 2. The van der Waals surface area contributed by atoms with Gasteiger partial charge in [-0.3, -0.25) is 4.79 Å². The molecule has 100 valence electrons. The molecule has 1 amide bonds. The maximum absolute atomic E-state index is 12.0. The molecule has 0 aliphatic heterocycles. The zero-order valence-corrected chi connectivity index (χ0v) is 12.0. The van der Waals surface area contributed by atoms with Crippen molar-refractivity contribution in [2.45, 2.75) is 6.42 Å². The fourth-order valence-electron chi connectivity index (χ4n) is 1.93. The summed E-state index contributed by atoms with van der Waals surface area (Å²) in [5, 5.41) is 3.57. The van der Waals surface area contributed by atoms with Crippen molar-refractivity contribution in [2.75, 3.05) is 5.32 Å². The van der Waals surface area contributed by atoms with Crippen molar-refractivity contribution in [1.82, 2.24) is 4.98 Å². The highest BCUT2D eigenvalue weighted by molar-refractivity contribution is 7.16. The van der Waals surface area contributed by atoms with E-state index in [9.17, 15) is 4.79 Å². The van der Waals surface area contributed by atoms with Crippen LogP contribution in [0.5, 0.6) is 0 Å². The SMILES string of the molecule is O=C(Cc1ccc(Cl)cc1)Nc1ccc2ncsc2c1. The van der Waals surface area contributed by atoms with Gasteiger partial charge in [0, 0.05) is 10.7 Å². The minimum absolute atomic E-state index is 0.0452. The lowest BCUT2D eigenvalue weighted by molar-refractivity contribution is -0.115. The predicted molar refractivity (Wildman–Crippen MR) is 83.4 cm³/mol. The summed E-state index contributed by atoms with van der Waals surface area (Å²) in [6.07, 6.45) is 0.331. The summed E-state index contributed by atoms with van der Waals surface area (Å²) in [5.74, 6) is -0.0452. The molecule has 0 bridgehead atoms. The lowest BCUT2D eigenvalue weighted by Crippen LogP contribution is -2.14. The molecule has 0 fully saturated rings. The molecule has 5 heteroatoms. The second-order valence-corrected chi connectivity index (χ2v) is 5.71. The number of fused-ring (bicyclic) bond motifs is 1. The van der Waals surface area contributed by atoms with Crippen LogP contribution in [0.15, 0.2) is 48.0 Å². The van der Waals surface area contributed by atoms with Gasteiger partial charge in [-0.25, -0.2) is 4.98 Å². The van der Waals surface area contributed by atoms with Crippen LogP contribution in [0.4, 0.5) is 5.69 Å². The smallest absolute Gasteiger partial charge is 0.228 e. The largest absolute Gasteiger partial charge is 0.326 e. The van der Waals surface area contributed by atoms with Gasteiger partial charge in [-0.1, -0.05) is 23.7 Å². The second kappa shape index (κ2) is 5.61. The summed E-state index contributed by atoms with van der Waals surface area (Å²) in [7, 11) is 0. The van der Waals surface area contributed by atoms with Gasteiger partial charge in [0.2, 0.25) is 5.91 Å². The first-order valence-electron chi connectivity index (χ1n) is 6.08. The van der Waals surface area contributed by atoms with Crippen LogP contribution in [0.3, 0.4) is 0 Å². The lowest BCUT2D eigenvalue weighted by atomic mass is 10.1. The molecule has 1 aromatic heterocycles. The Morgan fingerprint density at radius 3 is 2.80 bits per heavy atom. The number of thiazole rings is 1. The molecule has 0 spiro atoms. The Morgan fingerprint density at radius 2 is 2.00 bits per heavy atom. The Morgan fingerprint density at radius 1 is 1.20 bits per heavy atom. The summed E-state index contributed by atoms with van der Waals surface area (Å²) in [6, 6.07) is 13.0. The van der Waals surface area contributed by atoms with E-state index in [-0.39, 0.29) is 5.91 Å². The van der Waals surface area contributed by atoms with E-state index in [1.807, 2.05) is 30.3 Å². The van der Waals surface area contributed by atoms with Crippen LogP contribution in [0.1, 0.15) is 5.56 Å². The van der Waals surface area contributed by atoms with Gasteiger partial charge < -0.3 is 5.32 Å². The van der Waals surface area contributed by atoms with Crippen molar-refractivity contribution >= 4 is 44.7 Å². The van der Waals surface area contributed by atoms with Crippen molar-refractivity contribution in [3.63, 3.8) is 0 Å². The van der Waals surface area contributed by atoms with E-state index in [4.69, 9.17) is 11.6 Å². The van der Waals surface area contributed by atoms with Crippen LogP contribution in [0, 0.1) is 0 Å². The third-order valence-electron chi connectivity index (χ3n) is 2.89. The molecular formula is C15H11ClN2OS. The molecule has 3 aromatic rings. The molecule has 0 saturated heterocycles. The summed E-state index contributed by atoms with van der Waals surface area (Å²) in [5.41, 5.74) is 4.47. The number of nitrogens with zero attached hydrogens (tertiary/aromatic N) is 1. The minimum atomic E-state index is -0.0452. The minimum Gasteiger partial charge on any atom is -0.326 e. The molecule has 0 atom stereocenters. The van der Waals surface area contributed by atoms with Crippen molar-refractivity contribution in [2.24, 2.45) is 0 Å². The number of carbonyl (C=O) groups excluding carboxylic acids is 1. The third kappa shape index (κ3) is 2.98. The molecule has 1 N–H and O–H groups in total. The van der Waals surface area contributed by atoms with E-state index >= 15 is 0 Å². The monoisotopic (exact) mass is 302 g/mol. The molecule has 2 aromatic carbocycles. The van der Waals surface area contributed by atoms with Crippen LogP contribution in [0.2, 0.25) is 5.02 Å². The molecule has 20 heavy (non-hydrogen) atoms. The highest BCUT2D eigenvalue weighted by Crippen LogP contribution is 2.22. The Kier molecular flexibility index (Phi) is 3.67. The molecule has 0 saturated carbocycles. The van der Waals surface area contributed by atoms with E-state index in [0.717, 1.165) is 21.5 Å². The fourth-order valence-corrected chi connectivity index (χ4v) is 2.77. The van der Waals surface area contributed by atoms with E-state index in [0.29, 0.717) is 11.4 Å². The van der Waals surface area contributed by atoms with Crippen molar-refractivity contribution in [1.29, 1.82) is 0 Å². The number of amides is 1. The number of anilines is 1. The van der Waals surface area contributed by atoms with Gasteiger partial charge in [-0.05, 0) is 35.9 Å². The van der Waals surface area contributed by atoms with E-state index in [2.05, 4.69) is 10.3 Å². The van der Waals surface area contributed by atoms with Gasteiger partial charge in [0.1, 0.15) is 0 Å². The van der Waals surface area contributed by atoms with Crippen molar-refractivity contribution < 1.29 is 4.79 Å². The van der Waals surface area contributed by atoms with Crippen LogP contribution in [-0.4, -0.2) is 10.9 Å². The third-order valence-corrected chi connectivity index (χ3v) is 3.94. The van der Waals surface area contributed by atoms with Gasteiger partial charge >= 0.3 is 0 Å². The maximum Gasteiger partial charge on any atom is 0.228 e. The molecule has 0 aliphatic rings. The van der Waals surface area contributed by atoms with Gasteiger partial charge in [0.05, 0.1) is 22.1 Å². The molecular weight excluding hydrogens is 292 g/mol. The highest BCUT2D eigenvalue weighted by atomic mass is 35.5. The number of aromatic nitrogens is 1. The molecule has 0 radical (unpaired) electrons. The lowest BCUT2D eigenvalue weighted by Gasteiger charge is -2.05. The number of rotatable bonds is 3. The second-order valence-electron chi connectivity index (χ2n) is 4.39. The maximum atomic E-state index is 12.0. The first-order valence-corrected chi connectivity index (χ1v) is 7.34. The molecule has 3 rings (SSSR count). The Balaban J connectivity index is 1.70. The van der Waals surface area contributed by atoms with Crippen LogP contribution in [-0.2, 0) is 11.2 Å². The number of hydrogen-bond acceptors (Lipinski definition) is 3. The van der Waals surface area contributed by atoms with E-state index < -0.39 is 0 Å².